The maximum absolute atomic E-state index is 13.4. The number of carbonyl (C=O) groups excluding carboxylic acids is 1. The maximum Gasteiger partial charge on any atom is 0.326 e. The van der Waals surface area contributed by atoms with E-state index in [2.05, 4.69) is 5.32 Å². The fraction of sp³-hybridized carbons (Fsp3) is 0.429. The molecule has 4 nitrogen and oxygen atoms in total. The first-order chi connectivity index (χ1) is 9.36. The Morgan fingerprint density at radius 2 is 2.00 bits per heavy atom. The highest BCUT2D eigenvalue weighted by molar-refractivity contribution is 5.85. The van der Waals surface area contributed by atoms with Crippen molar-refractivity contribution in [1.29, 1.82) is 0 Å². The Labute approximate surface area is 115 Å². The highest BCUT2D eigenvalue weighted by Crippen LogP contribution is 2.13. The second-order valence-corrected chi connectivity index (χ2v) is 4.66. The number of hydrogen-bond acceptors (Lipinski definition) is 2. The molecule has 2 atom stereocenters. The molecule has 0 aromatic heterocycles. The molecule has 0 aliphatic carbocycles. The summed E-state index contributed by atoms with van der Waals surface area (Å²) in [6.45, 7) is 3.50. The monoisotopic (exact) mass is 285 g/mol. The first kappa shape index (κ1) is 16.1. The van der Waals surface area contributed by atoms with Gasteiger partial charge in [-0.3, -0.25) is 4.79 Å². The third kappa shape index (κ3) is 4.01. The highest BCUT2D eigenvalue weighted by atomic mass is 19.2. The zero-order chi connectivity index (χ0) is 15.3. The van der Waals surface area contributed by atoms with E-state index in [1.165, 1.54) is 12.1 Å². The van der Waals surface area contributed by atoms with Crippen molar-refractivity contribution in [2.75, 3.05) is 0 Å². The molecule has 0 radical (unpaired) electrons. The molecule has 2 unspecified atom stereocenters. The molecule has 0 bridgehead atoms. The molecular weight excluding hydrogens is 268 g/mol. The average molecular weight is 285 g/mol. The van der Waals surface area contributed by atoms with Gasteiger partial charge in [-0.1, -0.05) is 32.4 Å². The highest BCUT2D eigenvalue weighted by Gasteiger charge is 2.25. The van der Waals surface area contributed by atoms with Crippen LogP contribution in [0, 0.1) is 17.6 Å². The fourth-order valence-electron chi connectivity index (χ4n) is 1.77. The number of hydrogen-bond donors (Lipinski definition) is 2. The van der Waals surface area contributed by atoms with Crippen LogP contribution in [0.2, 0.25) is 0 Å². The Balaban J connectivity index is 2.76. The third-order valence-corrected chi connectivity index (χ3v) is 3.18. The van der Waals surface area contributed by atoms with Crippen LogP contribution in [0.4, 0.5) is 8.78 Å². The molecule has 1 aromatic rings. The molecule has 1 rings (SSSR count). The van der Waals surface area contributed by atoms with Gasteiger partial charge in [0.25, 0.3) is 0 Å². The zero-order valence-electron chi connectivity index (χ0n) is 11.3. The van der Waals surface area contributed by atoms with Crippen molar-refractivity contribution < 1.29 is 23.5 Å². The Morgan fingerprint density at radius 3 is 2.55 bits per heavy atom. The summed E-state index contributed by atoms with van der Waals surface area (Å²) in [5.41, 5.74) is -0.101. The standard InChI is InChI=1S/C14H17F2NO3/c1-3-8(2)13(14(19)20)17-11(18)7-9-5-4-6-10(15)12(9)16/h4-6,8,13H,3,7H2,1-2H3,(H,17,18)(H,19,20). The van der Waals surface area contributed by atoms with Crippen molar-refractivity contribution in [1.82, 2.24) is 5.32 Å². The molecule has 20 heavy (non-hydrogen) atoms. The van der Waals surface area contributed by atoms with Crippen LogP contribution in [-0.4, -0.2) is 23.0 Å². The summed E-state index contributed by atoms with van der Waals surface area (Å²) in [6.07, 6.45) is 0.176. The predicted octanol–water partition coefficient (Wildman–Crippen LogP) is 2.12. The minimum absolute atomic E-state index is 0.101. The summed E-state index contributed by atoms with van der Waals surface area (Å²) >= 11 is 0. The van der Waals surface area contributed by atoms with E-state index in [0.29, 0.717) is 6.42 Å². The van der Waals surface area contributed by atoms with Crippen molar-refractivity contribution in [3.8, 4) is 0 Å². The van der Waals surface area contributed by atoms with Crippen molar-refractivity contribution in [3.05, 3.63) is 35.4 Å². The Bertz CT molecular complexity index is 505. The number of halogens is 2. The van der Waals surface area contributed by atoms with E-state index in [0.717, 1.165) is 6.07 Å². The number of nitrogens with one attached hydrogen (secondary N) is 1. The van der Waals surface area contributed by atoms with Gasteiger partial charge < -0.3 is 10.4 Å². The summed E-state index contributed by atoms with van der Waals surface area (Å²) in [6, 6.07) is 2.50. The van der Waals surface area contributed by atoms with Crippen LogP contribution < -0.4 is 5.32 Å². The van der Waals surface area contributed by atoms with E-state index in [1.54, 1.807) is 13.8 Å². The smallest absolute Gasteiger partial charge is 0.326 e. The summed E-state index contributed by atoms with van der Waals surface area (Å²) in [7, 11) is 0. The van der Waals surface area contributed by atoms with Crippen LogP contribution in [0.25, 0.3) is 0 Å². The van der Waals surface area contributed by atoms with E-state index >= 15 is 0 Å². The van der Waals surface area contributed by atoms with Crippen LogP contribution in [0.1, 0.15) is 25.8 Å². The normalized spacial score (nSPS) is 13.6. The molecule has 6 heteroatoms. The van der Waals surface area contributed by atoms with Crippen LogP contribution in [0.5, 0.6) is 0 Å². The zero-order valence-corrected chi connectivity index (χ0v) is 11.3. The van der Waals surface area contributed by atoms with E-state index in [-0.39, 0.29) is 11.5 Å². The number of carbonyl (C=O) groups is 2. The molecule has 0 aliphatic heterocycles. The Hall–Kier alpha value is -1.98. The topological polar surface area (TPSA) is 66.4 Å². The van der Waals surface area contributed by atoms with Gasteiger partial charge in [0.15, 0.2) is 11.6 Å². The number of carboxylic acids is 1. The largest absolute Gasteiger partial charge is 0.480 e. The predicted molar refractivity (Wildman–Crippen MR) is 69.1 cm³/mol. The number of benzene rings is 1. The second kappa shape index (κ2) is 6.98. The maximum atomic E-state index is 13.4. The minimum Gasteiger partial charge on any atom is -0.480 e. The molecule has 1 aromatic carbocycles. The Kier molecular flexibility index (Phi) is 5.61. The van der Waals surface area contributed by atoms with Gasteiger partial charge in [0, 0.05) is 5.56 Å². The molecule has 0 saturated carbocycles. The lowest BCUT2D eigenvalue weighted by molar-refractivity contribution is -0.143. The van der Waals surface area contributed by atoms with E-state index in [4.69, 9.17) is 5.11 Å². The summed E-state index contributed by atoms with van der Waals surface area (Å²) in [5, 5.41) is 11.4. The van der Waals surface area contributed by atoms with Crippen LogP contribution in [0.3, 0.4) is 0 Å². The quantitative estimate of drug-likeness (QED) is 0.841. The van der Waals surface area contributed by atoms with E-state index in [9.17, 15) is 18.4 Å². The summed E-state index contributed by atoms with van der Waals surface area (Å²) < 4.78 is 26.4. The number of amides is 1. The molecule has 1 amide bonds. The van der Waals surface area contributed by atoms with Crippen LogP contribution >= 0.6 is 0 Å². The lowest BCUT2D eigenvalue weighted by atomic mass is 9.99. The Morgan fingerprint density at radius 1 is 1.35 bits per heavy atom. The summed E-state index contributed by atoms with van der Waals surface area (Å²) in [5.74, 6) is -4.17. The number of carboxylic acid groups (broad SMARTS) is 1. The van der Waals surface area contributed by atoms with Gasteiger partial charge in [0.2, 0.25) is 5.91 Å². The first-order valence-corrected chi connectivity index (χ1v) is 6.31. The molecule has 0 heterocycles. The molecule has 0 spiro atoms. The van der Waals surface area contributed by atoms with Crippen molar-refractivity contribution in [3.63, 3.8) is 0 Å². The molecular formula is C14H17F2NO3. The third-order valence-electron chi connectivity index (χ3n) is 3.18. The molecule has 0 fully saturated rings. The van der Waals surface area contributed by atoms with Gasteiger partial charge in [0.1, 0.15) is 6.04 Å². The van der Waals surface area contributed by atoms with E-state index < -0.39 is 36.0 Å². The number of aliphatic carboxylic acids is 1. The van der Waals surface area contributed by atoms with Crippen LogP contribution in [-0.2, 0) is 16.0 Å². The van der Waals surface area contributed by atoms with Crippen molar-refractivity contribution in [2.24, 2.45) is 5.92 Å². The van der Waals surface area contributed by atoms with Gasteiger partial charge >= 0.3 is 5.97 Å². The average Bonchev–Trinajstić information content (AvgIpc) is 2.40. The van der Waals surface area contributed by atoms with Crippen LogP contribution in [0.15, 0.2) is 18.2 Å². The van der Waals surface area contributed by atoms with Crippen molar-refractivity contribution >= 4 is 11.9 Å². The first-order valence-electron chi connectivity index (χ1n) is 6.31. The fourth-order valence-corrected chi connectivity index (χ4v) is 1.77. The van der Waals surface area contributed by atoms with Crippen molar-refractivity contribution in [2.45, 2.75) is 32.7 Å². The molecule has 0 aliphatic rings. The number of rotatable bonds is 6. The lowest BCUT2D eigenvalue weighted by Gasteiger charge is -2.20. The lowest BCUT2D eigenvalue weighted by Crippen LogP contribution is -2.45. The minimum atomic E-state index is -1.15. The van der Waals surface area contributed by atoms with Gasteiger partial charge in [-0.15, -0.1) is 0 Å². The van der Waals surface area contributed by atoms with Gasteiger partial charge in [0.05, 0.1) is 6.42 Å². The molecule has 110 valence electrons. The van der Waals surface area contributed by atoms with Gasteiger partial charge in [-0.25, -0.2) is 13.6 Å². The second-order valence-electron chi connectivity index (χ2n) is 4.66. The summed E-state index contributed by atoms with van der Waals surface area (Å²) in [4.78, 5) is 22.8. The SMILES string of the molecule is CCC(C)C(NC(=O)Cc1cccc(F)c1F)C(=O)O. The van der Waals surface area contributed by atoms with Gasteiger partial charge in [-0.05, 0) is 12.0 Å². The van der Waals surface area contributed by atoms with E-state index in [1.807, 2.05) is 0 Å². The molecule has 0 saturated heterocycles. The van der Waals surface area contributed by atoms with Gasteiger partial charge in [-0.2, -0.15) is 0 Å². The molecule has 2 N–H and O–H groups in total.